The van der Waals surface area contributed by atoms with Gasteiger partial charge in [-0.25, -0.2) is 0 Å². The highest BCUT2D eigenvalue weighted by Gasteiger charge is 2.12. The fraction of sp³-hybridized carbons (Fsp3) is 0.125. The van der Waals surface area contributed by atoms with E-state index in [1.807, 2.05) is 24.3 Å². The minimum absolute atomic E-state index is 0.599. The molecule has 0 unspecified atom stereocenters. The molecular formula is C16H12N2O2. The lowest BCUT2D eigenvalue weighted by Crippen LogP contribution is -1.92. The van der Waals surface area contributed by atoms with Crippen LogP contribution in [0.1, 0.15) is 5.56 Å². The van der Waals surface area contributed by atoms with E-state index in [1.54, 1.807) is 26.6 Å². The van der Waals surface area contributed by atoms with Crippen molar-refractivity contribution in [1.82, 2.24) is 4.98 Å². The average Bonchev–Trinajstić information content (AvgIpc) is 2.52. The molecule has 0 fully saturated rings. The molecule has 98 valence electrons. The van der Waals surface area contributed by atoms with E-state index in [2.05, 4.69) is 11.1 Å². The fourth-order valence-electron chi connectivity index (χ4n) is 2.42. The Kier molecular flexibility index (Phi) is 2.88. The van der Waals surface area contributed by atoms with Crippen molar-refractivity contribution in [2.24, 2.45) is 0 Å². The first-order valence-corrected chi connectivity index (χ1v) is 6.11. The molecule has 0 N–H and O–H groups in total. The summed E-state index contributed by atoms with van der Waals surface area (Å²) in [4.78, 5) is 4.11. The summed E-state index contributed by atoms with van der Waals surface area (Å²) >= 11 is 0. The van der Waals surface area contributed by atoms with Gasteiger partial charge in [-0.15, -0.1) is 0 Å². The summed E-state index contributed by atoms with van der Waals surface area (Å²) in [6.45, 7) is 0. The van der Waals surface area contributed by atoms with E-state index in [1.165, 1.54) is 0 Å². The predicted octanol–water partition coefficient (Wildman–Crippen LogP) is 3.28. The molecule has 1 aromatic heterocycles. The number of aromatic nitrogens is 1. The topological polar surface area (TPSA) is 55.1 Å². The largest absolute Gasteiger partial charge is 0.493 e. The third kappa shape index (κ3) is 1.72. The quantitative estimate of drug-likeness (QED) is 0.666. The molecule has 0 spiro atoms. The molecule has 0 saturated carbocycles. The van der Waals surface area contributed by atoms with Gasteiger partial charge >= 0.3 is 0 Å². The van der Waals surface area contributed by atoms with Crippen molar-refractivity contribution in [3.8, 4) is 17.6 Å². The van der Waals surface area contributed by atoms with Gasteiger partial charge in [0.1, 0.15) is 0 Å². The molecular weight excluding hydrogens is 252 g/mol. The van der Waals surface area contributed by atoms with E-state index >= 15 is 0 Å². The van der Waals surface area contributed by atoms with Crippen LogP contribution in [0.5, 0.6) is 11.5 Å². The number of hydrogen-bond donors (Lipinski definition) is 0. The average molecular weight is 264 g/mol. The van der Waals surface area contributed by atoms with Crippen LogP contribution < -0.4 is 9.47 Å². The molecule has 0 aliphatic heterocycles. The molecule has 0 atom stereocenters. The lowest BCUT2D eigenvalue weighted by atomic mass is 9.98. The predicted molar refractivity (Wildman–Crippen MR) is 77.1 cm³/mol. The summed E-state index contributed by atoms with van der Waals surface area (Å²) in [6.07, 6.45) is 3.50. The van der Waals surface area contributed by atoms with E-state index in [4.69, 9.17) is 9.47 Å². The van der Waals surface area contributed by atoms with Crippen LogP contribution in [0.15, 0.2) is 36.7 Å². The number of benzene rings is 2. The Hall–Kier alpha value is -2.80. The third-order valence-electron chi connectivity index (χ3n) is 3.38. The number of fused-ring (bicyclic) bond motifs is 3. The van der Waals surface area contributed by atoms with Crippen LogP contribution in [-0.4, -0.2) is 19.2 Å². The summed E-state index contributed by atoms with van der Waals surface area (Å²) in [6, 6.07) is 9.75. The molecule has 1 heterocycles. The molecule has 2 aromatic carbocycles. The van der Waals surface area contributed by atoms with Gasteiger partial charge < -0.3 is 9.47 Å². The van der Waals surface area contributed by atoms with Crippen LogP contribution in [0.2, 0.25) is 0 Å². The second-order valence-corrected chi connectivity index (χ2v) is 4.39. The van der Waals surface area contributed by atoms with E-state index < -0.39 is 0 Å². The van der Waals surface area contributed by atoms with Crippen LogP contribution in [-0.2, 0) is 0 Å². The normalized spacial score (nSPS) is 10.4. The van der Waals surface area contributed by atoms with E-state index in [0.29, 0.717) is 17.1 Å². The van der Waals surface area contributed by atoms with Gasteiger partial charge in [-0.1, -0.05) is 0 Å². The first-order chi connectivity index (χ1) is 9.78. The minimum Gasteiger partial charge on any atom is -0.493 e. The van der Waals surface area contributed by atoms with Crippen molar-refractivity contribution >= 4 is 21.5 Å². The standard InChI is InChI=1S/C16H12N2O2/c1-19-15-6-13-10(8-17)5-11-9-18-4-3-12(11)14(13)7-16(15)20-2/h3-7,9H,1-2H3. The molecule has 4 heteroatoms. The van der Waals surface area contributed by atoms with Crippen molar-refractivity contribution in [2.45, 2.75) is 0 Å². The van der Waals surface area contributed by atoms with Crippen molar-refractivity contribution < 1.29 is 9.47 Å². The molecule has 0 radical (unpaired) electrons. The zero-order chi connectivity index (χ0) is 14.1. The lowest BCUT2D eigenvalue weighted by Gasteiger charge is -2.11. The first kappa shape index (κ1) is 12.2. The Morgan fingerprint density at radius 3 is 2.35 bits per heavy atom. The van der Waals surface area contributed by atoms with Gasteiger partial charge in [0, 0.05) is 23.2 Å². The van der Waals surface area contributed by atoms with Crippen molar-refractivity contribution in [2.75, 3.05) is 14.2 Å². The zero-order valence-corrected chi connectivity index (χ0v) is 11.2. The van der Waals surface area contributed by atoms with E-state index in [-0.39, 0.29) is 0 Å². The number of hydrogen-bond acceptors (Lipinski definition) is 4. The second kappa shape index (κ2) is 4.71. The summed E-state index contributed by atoms with van der Waals surface area (Å²) in [5.74, 6) is 1.26. The number of pyridine rings is 1. The van der Waals surface area contributed by atoms with Gasteiger partial charge in [0.05, 0.1) is 25.9 Å². The van der Waals surface area contributed by atoms with Gasteiger partial charge in [-0.3, -0.25) is 4.98 Å². The molecule has 0 aliphatic carbocycles. The third-order valence-corrected chi connectivity index (χ3v) is 3.38. The number of ether oxygens (including phenoxy) is 2. The van der Waals surface area contributed by atoms with E-state index in [9.17, 15) is 5.26 Å². The first-order valence-electron chi connectivity index (χ1n) is 6.11. The van der Waals surface area contributed by atoms with Crippen molar-refractivity contribution in [1.29, 1.82) is 5.26 Å². The number of methoxy groups -OCH3 is 2. The highest BCUT2D eigenvalue weighted by atomic mass is 16.5. The van der Waals surface area contributed by atoms with Crippen LogP contribution in [0.25, 0.3) is 21.5 Å². The van der Waals surface area contributed by atoms with Gasteiger partial charge in [0.2, 0.25) is 0 Å². The Morgan fingerprint density at radius 2 is 1.70 bits per heavy atom. The highest BCUT2D eigenvalue weighted by Crippen LogP contribution is 2.37. The highest BCUT2D eigenvalue weighted by molar-refractivity contribution is 6.10. The van der Waals surface area contributed by atoms with Crippen LogP contribution in [0, 0.1) is 11.3 Å². The molecule has 3 aromatic rings. The smallest absolute Gasteiger partial charge is 0.161 e. The lowest BCUT2D eigenvalue weighted by molar-refractivity contribution is 0.356. The zero-order valence-electron chi connectivity index (χ0n) is 11.2. The minimum atomic E-state index is 0.599. The van der Waals surface area contributed by atoms with Gasteiger partial charge in [0.25, 0.3) is 0 Å². The monoisotopic (exact) mass is 264 g/mol. The molecule has 0 bridgehead atoms. The van der Waals surface area contributed by atoms with Gasteiger partial charge in [-0.2, -0.15) is 5.26 Å². The Morgan fingerprint density at radius 1 is 1.00 bits per heavy atom. The Labute approximate surface area is 116 Å². The Balaban J connectivity index is 2.53. The van der Waals surface area contributed by atoms with Gasteiger partial charge in [0.15, 0.2) is 11.5 Å². The van der Waals surface area contributed by atoms with Crippen LogP contribution in [0.3, 0.4) is 0 Å². The molecule has 0 amide bonds. The summed E-state index contributed by atoms with van der Waals surface area (Å²) in [5, 5.41) is 13.1. The summed E-state index contributed by atoms with van der Waals surface area (Å²) in [5.41, 5.74) is 0.599. The maximum atomic E-state index is 9.34. The maximum absolute atomic E-state index is 9.34. The SMILES string of the molecule is COc1cc2c(C#N)cc3cnccc3c2cc1OC. The molecule has 0 saturated heterocycles. The molecule has 4 nitrogen and oxygen atoms in total. The molecule has 3 rings (SSSR count). The molecule has 0 aliphatic rings. The summed E-state index contributed by atoms with van der Waals surface area (Å²) < 4.78 is 10.7. The number of nitriles is 1. The van der Waals surface area contributed by atoms with Crippen molar-refractivity contribution in [3.63, 3.8) is 0 Å². The van der Waals surface area contributed by atoms with Gasteiger partial charge in [-0.05, 0) is 35.0 Å². The molecule has 20 heavy (non-hydrogen) atoms. The Bertz CT molecular complexity index is 850. The number of rotatable bonds is 2. The maximum Gasteiger partial charge on any atom is 0.161 e. The van der Waals surface area contributed by atoms with E-state index in [0.717, 1.165) is 21.5 Å². The second-order valence-electron chi connectivity index (χ2n) is 4.39. The van der Waals surface area contributed by atoms with Crippen LogP contribution in [0.4, 0.5) is 0 Å². The summed E-state index contributed by atoms with van der Waals surface area (Å²) in [7, 11) is 3.18. The number of nitrogens with zero attached hydrogens (tertiary/aromatic N) is 2. The fourth-order valence-corrected chi connectivity index (χ4v) is 2.42. The van der Waals surface area contributed by atoms with Crippen LogP contribution >= 0.6 is 0 Å². The van der Waals surface area contributed by atoms with Crippen molar-refractivity contribution in [3.05, 3.63) is 42.2 Å².